The summed E-state index contributed by atoms with van der Waals surface area (Å²) in [5, 5.41) is 0. The van der Waals surface area contributed by atoms with Crippen LogP contribution in [0.4, 0.5) is 0 Å². The molecule has 17 heavy (non-hydrogen) atoms. The number of nitrogens with two attached hydrogens (primary N) is 1. The molecule has 0 aromatic heterocycles. The van der Waals surface area contributed by atoms with Crippen molar-refractivity contribution in [2.75, 3.05) is 13.1 Å². The normalized spacial score (nSPS) is 17.2. The Hall–Kier alpha value is -0.870. The molecule has 0 saturated carbocycles. The molecule has 0 radical (unpaired) electrons. The van der Waals surface area contributed by atoms with Gasteiger partial charge in [0.2, 0.25) is 5.91 Å². The Morgan fingerprint density at radius 1 is 1.35 bits per heavy atom. The molecule has 0 bridgehead atoms. The van der Waals surface area contributed by atoms with Crippen LogP contribution in [0.15, 0.2) is 28.7 Å². The molecule has 2 N–H and O–H groups in total. The molecule has 2 rings (SSSR count). The van der Waals surface area contributed by atoms with Crippen LogP contribution in [-0.4, -0.2) is 29.9 Å². The standard InChI is InChI=1S/C13H17BrN2O/c14-11-6-2-1-5-10(11)9-12(15)13(17)16-7-3-4-8-16/h1-2,5-6,12H,3-4,7-9,15H2. The zero-order valence-corrected chi connectivity index (χ0v) is 11.3. The number of rotatable bonds is 3. The van der Waals surface area contributed by atoms with Gasteiger partial charge in [-0.05, 0) is 30.9 Å². The Balaban J connectivity index is 1.99. The predicted molar refractivity (Wildman–Crippen MR) is 71.6 cm³/mol. The van der Waals surface area contributed by atoms with Crippen LogP contribution in [0.2, 0.25) is 0 Å². The zero-order chi connectivity index (χ0) is 12.3. The van der Waals surface area contributed by atoms with Gasteiger partial charge in [0.05, 0.1) is 6.04 Å². The van der Waals surface area contributed by atoms with Crippen molar-refractivity contribution in [3.05, 3.63) is 34.3 Å². The van der Waals surface area contributed by atoms with E-state index in [2.05, 4.69) is 15.9 Å². The first-order valence-electron chi connectivity index (χ1n) is 5.96. The smallest absolute Gasteiger partial charge is 0.239 e. The number of amides is 1. The van der Waals surface area contributed by atoms with Gasteiger partial charge in [0.15, 0.2) is 0 Å². The highest BCUT2D eigenvalue weighted by Gasteiger charge is 2.23. The molecule has 4 heteroatoms. The van der Waals surface area contributed by atoms with E-state index < -0.39 is 6.04 Å². The lowest BCUT2D eigenvalue weighted by molar-refractivity contribution is -0.131. The molecule has 92 valence electrons. The van der Waals surface area contributed by atoms with Crippen LogP contribution < -0.4 is 5.73 Å². The van der Waals surface area contributed by atoms with Crippen molar-refractivity contribution in [3.8, 4) is 0 Å². The van der Waals surface area contributed by atoms with E-state index in [-0.39, 0.29) is 5.91 Å². The largest absolute Gasteiger partial charge is 0.341 e. The molecular formula is C13H17BrN2O. The van der Waals surface area contributed by atoms with Gasteiger partial charge in [-0.25, -0.2) is 0 Å². The highest BCUT2D eigenvalue weighted by molar-refractivity contribution is 9.10. The number of nitrogens with zero attached hydrogens (tertiary/aromatic N) is 1. The summed E-state index contributed by atoms with van der Waals surface area (Å²) in [6.07, 6.45) is 2.80. The van der Waals surface area contributed by atoms with Gasteiger partial charge in [-0.15, -0.1) is 0 Å². The van der Waals surface area contributed by atoms with E-state index in [4.69, 9.17) is 5.73 Å². The van der Waals surface area contributed by atoms with Crippen LogP contribution >= 0.6 is 15.9 Å². The van der Waals surface area contributed by atoms with Gasteiger partial charge in [-0.2, -0.15) is 0 Å². The quantitative estimate of drug-likeness (QED) is 0.927. The molecular weight excluding hydrogens is 280 g/mol. The molecule has 0 aliphatic carbocycles. The topological polar surface area (TPSA) is 46.3 Å². The molecule has 1 atom stereocenters. The SMILES string of the molecule is NC(Cc1ccccc1Br)C(=O)N1CCCC1. The number of hydrogen-bond donors (Lipinski definition) is 1. The summed E-state index contributed by atoms with van der Waals surface area (Å²) >= 11 is 3.48. The molecule has 1 fully saturated rings. The molecule has 0 spiro atoms. The maximum atomic E-state index is 12.0. The molecule has 1 aromatic carbocycles. The van der Waals surface area contributed by atoms with Crippen molar-refractivity contribution in [2.45, 2.75) is 25.3 Å². The van der Waals surface area contributed by atoms with Gasteiger partial charge in [0.1, 0.15) is 0 Å². The number of benzene rings is 1. The Kier molecular flexibility index (Phi) is 4.18. The maximum absolute atomic E-state index is 12.0. The summed E-state index contributed by atoms with van der Waals surface area (Å²) in [6.45, 7) is 1.73. The number of likely N-dealkylation sites (tertiary alicyclic amines) is 1. The van der Waals surface area contributed by atoms with E-state index in [1.807, 2.05) is 29.2 Å². The third kappa shape index (κ3) is 3.07. The fourth-order valence-electron chi connectivity index (χ4n) is 2.16. The van der Waals surface area contributed by atoms with Crippen LogP contribution in [0, 0.1) is 0 Å². The second-order valence-corrected chi connectivity index (χ2v) is 5.29. The molecule has 1 aliphatic rings. The van der Waals surface area contributed by atoms with Gasteiger partial charge in [0, 0.05) is 17.6 Å². The van der Waals surface area contributed by atoms with E-state index in [9.17, 15) is 4.79 Å². The summed E-state index contributed by atoms with van der Waals surface area (Å²) in [5.41, 5.74) is 7.08. The summed E-state index contributed by atoms with van der Waals surface area (Å²) in [7, 11) is 0. The minimum absolute atomic E-state index is 0.0817. The van der Waals surface area contributed by atoms with Crippen molar-refractivity contribution in [2.24, 2.45) is 5.73 Å². The Morgan fingerprint density at radius 2 is 2.00 bits per heavy atom. The van der Waals surface area contributed by atoms with Crippen molar-refractivity contribution in [1.29, 1.82) is 0 Å². The third-order valence-electron chi connectivity index (χ3n) is 3.13. The van der Waals surface area contributed by atoms with Crippen molar-refractivity contribution < 1.29 is 4.79 Å². The van der Waals surface area contributed by atoms with Gasteiger partial charge in [-0.3, -0.25) is 4.79 Å². The number of carbonyl (C=O) groups is 1. The van der Waals surface area contributed by atoms with E-state index in [0.717, 1.165) is 36.0 Å². The van der Waals surface area contributed by atoms with E-state index >= 15 is 0 Å². The second-order valence-electron chi connectivity index (χ2n) is 4.43. The van der Waals surface area contributed by atoms with E-state index in [1.165, 1.54) is 0 Å². The minimum atomic E-state index is -0.424. The number of halogens is 1. The third-order valence-corrected chi connectivity index (χ3v) is 3.91. The molecule has 1 unspecified atom stereocenters. The first kappa shape index (κ1) is 12.6. The first-order valence-corrected chi connectivity index (χ1v) is 6.75. The molecule has 1 heterocycles. The fraction of sp³-hybridized carbons (Fsp3) is 0.462. The lowest BCUT2D eigenvalue weighted by Crippen LogP contribution is -2.43. The number of carbonyl (C=O) groups excluding carboxylic acids is 1. The molecule has 1 aromatic rings. The summed E-state index contributed by atoms with van der Waals surface area (Å²) in [6, 6.07) is 7.48. The average molecular weight is 297 g/mol. The Labute approximate surface area is 110 Å². The summed E-state index contributed by atoms with van der Waals surface area (Å²) in [4.78, 5) is 13.9. The van der Waals surface area contributed by atoms with Crippen LogP contribution in [0.1, 0.15) is 18.4 Å². The minimum Gasteiger partial charge on any atom is -0.341 e. The summed E-state index contributed by atoms with van der Waals surface area (Å²) in [5.74, 6) is 0.0817. The van der Waals surface area contributed by atoms with Gasteiger partial charge >= 0.3 is 0 Å². The second kappa shape index (κ2) is 5.65. The molecule has 1 amide bonds. The molecule has 1 aliphatic heterocycles. The maximum Gasteiger partial charge on any atom is 0.239 e. The van der Waals surface area contributed by atoms with E-state index in [0.29, 0.717) is 6.42 Å². The van der Waals surface area contributed by atoms with E-state index in [1.54, 1.807) is 0 Å². The molecule has 3 nitrogen and oxygen atoms in total. The highest BCUT2D eigenvalue weighted by atomic mass is 79.9. The zero-order valence-electron chi connectivity index (χ0n) is 9.73. The Bertz CT molecular complexity index is 402. The number of hydrogen-bond acceptors (Lipinski definition) is 2. The predicted octanol–water partition coefficient (Wildman–Crippen LogP) is 1.94. The first-order chi connectivity index (χ1) is 8.18. The molecule has 1 saturated heterocycles. The van der Waals surface area contributed by atoms with Crippen LogP contribution in [0.3, 0.4) is 0 Å². The van der Waals surface area contributed by atoms with Crippen LogP contribution in [0.5, 0.6) is 0 Å². The average Bonchev–Trinajstić information content (AvgIpc) is 2.84. The lowest BCUT2D eigenvalue weighted by atomic mass is 10.1. The van der Waals surface area contributed by atoms with Crippen LogP contribution in [-0.2, 0) is 11.2 Å². The highest BCUT2D eigenvalue weighted by Crippen LogP contribution is 2.18. The fourth-order valence-corrected chi connectivity index (χ4v) is 2.61. The summed E-state index contributed by atoms with van der Waals surface area (Å²) < 4.78 is 1.02. The van der Waals surface area contributed by atoms with Crippen molar-refractivity contribution >= 4 is 21.8 Å². The van der Waals surface area contributed by atoms with Crippen LogP contribution in [0.25, 0.3) is 0 Å². The van der Waals surface area contributed by atoms with Gasteiger partial charge in [0.25, 0.3) is 0 Å². The van der Waals surface area contributed by atoms with Gasteiger partial charge < -0.3 is 10.6 Å². The monoisotopic (exact) mass is 296 g/mol. The van der Waals surface area contributed by atoms with Crippen molar-refractivity contribution in [3.63, 3.8) is 0 Å². The van der Waals surface area contributed by atoms with Gasteiger partial charge in [-0.1, -0.05) is 34.1 Å². The Morgan fingerprint density at radius 3 is 2.65 bits per heavy atom. The van der Waals surface area contributed by atoms with Crippen molar-refractivity contribution in [1.82, 2.24) is 4.90 Å². The lowest BCUT2D eigenvalue weighted by Gasteiger charge is -2.20.